The Balaban J connectivity index is 1.76. The Morgan fingerprint density at radius 2 is 1.67 bits per heavy atom. The second-order valence-electron chi connectivity index (χ2n) is 7.38. The number of amides is 1. The number of hydrogen-bond donors (Lipinski definition) is 1. The second-order valence-corrected chi connectivity index (χ2v) is 7.38. The summed E-state index contributed by atoms with van der Waals surface area (Å²) in [6, 6.07) is 19.8. The van der Waals surface area contributed by atoms with Gasteiger partial charge in [0.1, 0.15) is 0 Å². The second kappa shape index (κ2) is 9.16. The molecular weight excluding hydrogens is 338 g/mol. The van der Waals surface area contributed by atoms with Crippen LogP contribution in [-0.2, 0) is 21.6 Å². The van der Waals surface area contributed by atoms with Crippen molar-refractivity contribution in [2.24, 2.45) is 5.92 Å². The molecule has 2 aromatic carbocycles. The van der Waals surface area contributed by atoms with Gasteiger partial charge in [0.05, 0.1) is 24.7 Å². The van der Waals surface area contributed by atoms with E-state index in [-0.39, 0.29) is 5.91 Å². The monoisotopic (exact) mass is 367 g/mol. The van der Waals surface area contributed by atoms with Gasteiger partial charge in [-0.3, -0.25) is 4.79 Å². The molecule has 0 spiro atoms. The standard InChI is InChI=1S/C23H29NO3/c1-23(26,20-12-6-3-7-13-20)21(22(25)24-15-17-27-18-16-24)14-8-11-19-9-4-2-5-10-19/h2-7,9-10,12-13,21,26H,8,11,14-18H2,1H3/t21-,23-/m0/s1. The molecule has 1 fully saturated rings. The molecule has 0 bridgehead atoms. The molecule has 144 valence electrons. The van der Waals surface area contributed by atoms with Crippen molar-refractivity contribution in [3.05, 3.63) is 71.8 Å². The highest BCUT2D eigenvalue weighted by Gasteiger charge is 2.40. The van der Waals surface area contributed by atoms with Crippen molar-refractivity contribution >= 4 is 5.91 Å². The van der Waals surface area contributed by atoms with Crippen molar-refractivity contribution in [3.8, 4) is 0 Å². The summed E-state index contributed by atoms with van der Waals surface area (Å²) in [4.78, 5) is 15.1. The first-order valence-corrected chi connectivity index (χ1v) is 9.77. The minimum Gasteiger partial charge on any atom is -0.385 e. The molecular formula is C23H29NO3. The zero-order valence-electron chi connectivity index (χ0n) is 16.0. The van der Waals surface area contributed by atoms with Crippen LogP contribution in [0, 0.1) is 5.92 Å². The quantitative estimate of drug-likeness (QED) is 0.816. The number of carbonyl (C=O) groups is 1. The maximum absolute atomic E-state index is 13.3. The number of carbonyl (C=O) groups excluding carboxylic acids is 1. The van der Waals surface area contributed by atoms with Crippen LogP contribution in [0.15, 0.2) is 60.7 Å². The first-order valence-electron chi connectivity index (χ1n) is 9.77. The van der Waals surface area contributed by atoms with Gasteiger partial charge in [-0.2, -0.15) is 0 Å². The Morgan fingerprint density at radius 3 is 2.30 bits per heavy atom. The fraction of sp³-hybridized carbons (Fsp3) is 0.435. The average molecular weight is 367 g/mol. The zero-order chi connectivity index (χ0) is 19.1. The van der Waals surface area contributed by atoms with Crippen molar-refractivity contribution in [3.63, 3.8) is 0 Å². The summed E-state index contributed by atoms with van der Waals surface area (Å²) in [6.07, 6.45) is 2.40. The van der Waals surface area contributed by atoms with E-state index in [4.69, 9.17) is 4.74 Å². The van der Waals surface area contributed by atoms with Gasteiger partial charge in [-0.15, -0.1) is 0 Å². The SMILES string of the molecule is C[C@](O)(c1ccccc1)[C@@H](CCCc1ccccc1)C(=O)N1CCOCC1. The lowest BCUT2D eigenvalue weighted by molar-refractivity contribution is -0.150. The van der Waals surface area contributed by atoms with Gasteiger partial charge in [0.25, 0.3) is 0 Å². The molecule has 2 aromatic rings. The molecule has 4 nitrogen and oxygen atoms in total. The highest BCUT2D eigenvalue weighted by atomic mass is 16.5. The van der Waals surface area contributed by atoms with Gasteiger partial charge >= 0.3 is 0 Å². The van der Waals surface area contributed by atoms with E-state index in [1.807, 2.05) is 53.4 Å². The molecule has 3 rings (SSSR count). The largest absolute Gasteiger partial charge is 0.385 e. The number of aliphatic hydroxyl groups is 1. The molecule has 1 N–H and O–H groups in total. The smallest absolute Gasteiger partial charge is 0.229 e. The van der Waals surface area contributed by atoms with Gasteiger partial charge in [0, 0.05) is 13.1 Å². The summed E-state index contributed by atoms with van der Waals surface area (Å²) in [5.74, 6) is -0.443. The Morgan fingerprint density at radius 1 is 1.07 bits per heavy atom. The molecule has 1 aliphatic rings. The lowest BCUT2D eigenvalue weighted by atomic mass is 9.78. The van der Waals surface area contributed by atoms with Crippen molar-refractivity contribution in [1.29, 1.82) is 0 Å². The minimum atomic E-state index is -1.20. The normalized spacial score (nSPS) is 17.9. The van der Waals surface area contributed by atoms with Crippen LogP contribution in [0.3, 0.4) is 0 Å². The van der Waals surface area contributed by atoms with Crippen LogP contribution in [0.25, 0.3) is 0 Å². The molecule has 0 aromatic heterocycles. The van der Waals surface area contributed by atoms with Crippen LogP contribution in [0.5, 0.6) is 0 Å². The molecule has 27 heavy (non-hydrogen) atoms. The fourth-order valence-corrected chi connectivity index (χ4v) is 3.78. The van der Waals surface area contributed by atoms with Crippen molar-refractivity contribution in [2.75, 3.05) is 26.3 Å². The number of rotatable bonds is 7. The molecule has 2 atom stereocenters. The van der Waals surface area contributed by atoms with E-state index in [1.54, 1.807) is 6.92 Å². The van der Waals surface area contributed by atoms with E-state index < -0.39 is 11.5 Å². The summed E-state index contributed by atoms with van der Waals surface area (Å²) >= 11 is 0. The predicted molar refractivity (Wildman–Crippen MR) is 106 cm³/mol. The van der Waals surface area contributed by atoms with Crippen LogP contribution < -0.4 is 0 Å². The van der Waals surface area contributed by atoms with Crippen LogP contribution in [-0.4, -0.2) is 42.2 Å². The molecule has 0 unspecified atom stereocenters. The summed E-state index contributed by atoms with van der Waals surface area (Å²) in [7, 11) is 0. The van der Waals surface area contributed by atoms with Crippen LogP contribution in [0.2, 0.25) is 0 Å². The van der Waals surface area contributed by atoms with E-state index >= 15 is 0 Å². The summed E-state index contributed by atoms with van der Waals surface area (Å²) < 4.78 is 5.38. The van der Waals surface area contributed by atoms with Gasteiger partial charge in [0.2, 0.25) is 5.91 Å². The minimum absolute atomic E-state index is 0.0280. The average Bonchev–Trinajstić information content (AvgIpc) is 2.73. The van der Waals surface area contributed by atoms with Gasteiger partial charge in [-0.1, -0.05) is 60.7 Å². The predicted octanol–water partition coefficient (Wildman–Crippen LogP) is 3.39. The Labute approximate surface area is 161 Å². The third kappa shape index (κ3) is 4.96. The van der Waals surface area contributed by atoms with E-state index in [0.717, 1.165) is 18.4 Å². The van der Waals surface area contributed by atoms with Crippen LogP contribution >= 0.6 is 0 Å². The summed E-state index contributed by atoms with van der Waals surface area (Å²) in [5.41, 5.74) is 0.846. The lowest BCUT2D eigenvalue weighted by Gasteiger charge is -2.37. The molecule has 1 amide bonds. The number of nitrogens with zero attached hydrogens (tertiary/aromatic N) is 1. The number of benzene rings is 2. The molecule has 1 heterocycles. The zero-order valence-corrected chi connectivity index (χ0v) is 16.0. The fourth-order valence-electron chi connectivity index (χ4n) is 3.78. The first kappa shape index (κ1) is 19.6. The molecule has 4 heteroatoms. The third-order valence-corrected chi connectivity index (χ3v) is 5.46. The van der Waals surface area contributed by atoms with Gasteiger partial charge in [-0.05, 0) is 37.3 Å². The first-order chi connectivity index (χ1) is 13.1. The topological polar surface area (TPSA) is 49.8 Å². The maximum Gasteiger partial charge on any atom is 0.229 e. The van der Waals surface area contributed by atoms with Crippen LogP contribution in [0.1, 0.15) is 30.9 Å². The number of ether oxygens (including phenoxy) is 1. The van der Waals surface area contributed by atoms with Gasteiger partial charge in [0.15, 0.2) is 0 Å². The van der Waals surface area contributed by atoms with Crippen molar-refractivity contribution < 1.29 is 14.6 Å². The number of morpholine rings is 1. The highest BCUT2D eigenvalue weighted by molar-refractivity contribution is 5.80. The highest BCUT2D eigenvalue weighted by Crippen LogP contribution is 2.34. The Hall–Kier alpha value is -2.17. The molecule has 1 aliphatic heterocycles. The van der Waals surface area contributed by atoms with E-state index in [1.165, 1.54) is 5.56 Å². The molecule has 0 radical (unpaired) electrons. The van der Waals surface area contributed by atoms with E-state index in [0.29, 0.717) is 32.7 Å². The van der Waals surface area contributed by atoms with Crippen molar-refractivity contribution in [1.82, 2.24) is 4.90 Å². The molecule has 1 saturated heterocycles. The Bertz CT molecular complexity index is 709. The van der Waals surface area contributed by atoms with Gasteiger partial charge < -0.3 is 14.7 Å². The summed E-state index contributed by atoms with van der Waals surface area (Å²) in [6.45, 7) is 4.09. The van der Waals surface area contributed by atoms with E-state index in [2.05, 4.69) is 12.1 Å². The van der Waals surface area contributed by atoms with Crippen LogP contribution in [0.4, 0.5) is 0 Å². The van der Waals surface area contributed by atoms with Crippen molar-refractivity contribution in [2.45, 2.75) is 31.8 Å². The summed E-state index contributed by atoms with van der Waals surface area (Å²) in [5, 5.41) is 11.4. The molecule has 0 aliphatic carbocycles. The third-order valence-electron chi connectivity index (χ3n) is 5.46. The van der Waals surface area contributed by atoms with Gasteiger partial charge in [-0.25, -0.2) is 0 Å². The number of aryl methyl sites for hydroxylation is 1. The molecule has 0 saturated carbocycles. The maximum atomic E-state index is 13.3. The number of hydrogen-bond acceptors (Lipinski definition) is 3. The Kier molecular flexibility index (Phi) is 6.64. The lowest BCUT2D eigenvalue weighted by Crippen LogP contribution is -2.49. The van der Waals surface area contributed by atoms with E-state index in [9.17, 15) is 9.90 Å².